The molecule has 0 atom stereocenters. The van der Waals surface area contributed by atoms with Gasteiger partial charge in [0.15, 0.2) is 0 Å². The van der Waals surface area contributed by atoms with E-state index in [9.17, 15) is 30.6 Å². The van der Waals surface area contributed by atoms with Crippen LogP contribution in [0.3, 0.4) is 0 Å². The first-order valence-corrected chi connectivity index (χ1v) is 28.8. The molecule has 472 valence electrons. The van der Waals surface area contributed by atoms with Gasteiger partial charge in [0.2, 0.25) is 0 Å². The van der Waals surface area contributed by atoms with Gasteiger partial charge in [-0.15, -0.1) is 0 Å². The molecule has 12 heteroatoms. The van der Waals surface area contributed by atoms with Crippen molar-refractivity contribution in [2.75, 3.05) is 69.1 Å². The number of methoxy groups -OCH3 is 6. The smallest absolute Gasteiger partial charge is 0.115 e. The summed E-state index contributed by atoms with van der Waals surface area (Å²) in [4.78, 5) is 0. The molecule has 0 aromatic heterocycles. The van der Waals surface area contributed by atoms with Gasteiger partial charge in [0.05, 0.1) is 12.2 Å². The molecular weight excluding hydrogens is 1040 g/mol. The van der Waals surface area contributed by atoms with E-state index in [1.54, 1.807) is 115 Å². The molecule has 0 bridgehead atoms. The Labute approximate surface area is 505 Å². The Morgan fingerprint density at radius 2 is 0.349 bits per heavy atom. The zero-order valence-electron chi connectivity index (χ0n) is 55.9. The van der Waals surface area contributed by atoms with E-state index < -0.39 is 0 Å². The van der Waals surface area contributed by atoms with Crippen LogP contribution in [0.1, 0.15) is 171 Å². The predicted octanol–water partition coefficient (Wildman–Crippen LogP) is 17.8. The first-order valence-electron chi connectivity index (χ1n) is 28.8. The van der Waals surface area contributed by atoms with Crippen LogP contribution in [0.4, 0.5) is 0 Å². The van der Waals surface area contributed by atoms with E-state index in [0.29, 0.717) is 12.2 Å². The van der Waals surface area contributed by atoms with Crippen LogP contribution in [-0.4, -0.2) is 112 Å². The van der Waals surface area contributed by atoms with E-state index in [1.807, 2.05) is 128 Å². The lowest BCUT2D eigenvalue weighted by atomic mass is 9.78. The van der Waals surface area contributed by atoms with Gasteiger partial charge in [-0.05, 0) is 162 Å². The minimum atomic E-state index is -0.151. The fraction of sp³-hybridized carbons (Fsp3) is 0.493. The van der Waals surface area contributed by atoms with Crippen LogP contribution in [0.25, 0.3) is 0 Å². The molecular formula is C71H116O12. The molecule has 0 aliphatic carbocycles. The quantitative estimate of drug-likeness (QED) is 0.0685. The van der Waals surface area contributed by atoms with Gasteiger partial charge in [-0.2, -0.15) is 0 Å². The summed E-state index contributed by atoms with van der Waals surface area (Å²) < 4.78 is 27.7. The Kier molecular flexibility index (Phi) is 54.4. The normalized spacial score (nSPS) is 10.0. The lowest BCUT2D eigenvalue weighted by Crippen LogP contribution is -2.18. The Bertz CT molecular complexity index is 1880. The van der Waals surface area contributed by atoms with Gasteiger partial charge in [-0.1, -0.05) is 155 Å². The standard InChI is InChI=1S/3C15H16O2.2C4H10O.4C3H8O.2C3H8/c3*1-15(2,11-3-7-13(16)8-4-11)12-5-9-14(17)10-6-12;2*1-4(2)5-3;4*1-3-4-2;2*1-3-2/h3*3-10,16-17H,1-2H3;2*4H,1-3H3;4*3H2,1-2H3;2*3H2,1-2H3. The number of phenolic OH excluding ortho intramolecular Hbond substituents is 6. The summed E-state index contributed by atoms with van der Waals surface area (Å²) in [7, 11) is 10.1. The molecule has 0 spiro atoms. The van der Waals surface area contributed by atoms with Crippen molar-refractivity contribution in [3.05, 3.63) is 179 Å². The van der Waals surface area contributed by atoms with E-state index >= 15 is 0 Å². The Morgan fingerprint density at radius 1 is 0.265 bits per heavy atom. The summed E-state index contributed by atoms with van der Waals surface area (Å²) >= 11 is 0. The zero-order chi connectivity index (χ0) is 65.0. The van der Waals surface area contributed by atoms with Crippen LogP contribution in [0.5, 0.6) is 34.5 Å². The van der Waals surface area contributed by atoms with Crippen molar-refractivity contribution in [2.45, 2.75) is 166 Å². The summed E-state index contributed by atoms with van der Waals surface area (Å²) in [5, 5.41) is 55.8. The van der Waals surface area contributed by atoms with Crippen molar-refractivity contribution in [3.63, 3.8) is 0 Å². The summed E-state index contributed by atoms with van der Waals surface area (Å²) in [5.74, 6) is 1.64. The van der Waals surface area contributed by atoms with Gasteiger partial charge in [-0.25, -0.2) is 0 Å². The number of aromatic hydroxyl groups is 6. The molecule has 0 fully saturated rings. The van der Waals surface area contributed by atoms with Crippen LogP contribution < -0.4 is 0 Å². The molecule has 0 saturated heterocycles. The minimum Gasteiger partial charge on any atom is -0.508 e. The van der Waals surface area contributed by atoms with Gasteiger partial charge in [0.25, 0.3) is 0 Å². The molecule has 0 heterocycles. The lowest BCUT2D eigenvalue weighted by molar-refractivity contribution is 0.134. The molecule has 0 unspecified atom stereocenters. The first kappa shape index (κ1) is 85.7. The number of phenols is 6. The molecule has 6 N–H and O–H groups in total. The Morgan fingerprint density at radius 3 is 0.410 bits per heavy atom. The highest BCUT2D eigenvalue weighted by atomic mass is 16.5. The zero-order valence-corrected chi connectivity index (χ0v) is 55.9. The van der Waals surface area contributed by atoms with Crippen LogP contribution in [0, 0.1) is 0 Å². The Hall–Kier alpha value is -6.12. The third-order valence-electron chi connectivity index (χ3n) is 11.6. The maximum absolute atomic E-state index is 9.30. The predicted molar refractivity (Wildman–Crippen MR) is 351 cm³/mol. The van der Waals surface area contributed by atoms with Crippen LogP contribution in [0.2, 0.25) is 0 Å². The van der Waals surface area contributed by atoms with E-state index in [0.717, 1.165) is 59.8 Å². The van der Waals surface area contributed by atoms with E-state index in [-0.39, 0.29) is 50.7 Å². The average molecular weight is 1160 g/mol. The third-order valence-corrected chi connectivity index (χ3v) is 11.6. The van der Waals surface area contributed by atoms with Crippen molar-refractivity contribution >= 4 is 0 Å². The molecule has 0 saturated carbocycles. The second-order valence-electron chi connectivity index (χ2n) is 20.4. The average Bonchev–Trinajstić information content (AvgIpc) is 3.59. The van der Waals surface area contributed by atoms with Gasteiger partial charge < -0.3 is 59.1 Å². The molecule has 0 radical (unpaired) electrons. The maximum Gasteiger partial charge on any atom is 0.115 e. The van der Waals surface area contributed by atoms with E-state index in [4.69, 9.17) is 9.47 Å². The van der Waals surface area contributed by atoms with Gasteiger partial charge in [0, 0.05) is 85.3 Å². The van der Waals surface area contributed by atoms with Crippen LogP contribution >= 0.6 is 0 Å². The molecule has 6 aromatic carbocycles. The van der Waals surface area contributed by atoms with Crippen LogP contribution in [-0.2, 0) is 44.7 Å². The number of hydrogen-bond acceptors (Lipinski definition) is 12. The topological polar surface area (TPSA) is 177 Å². The SMILES string of the molecule is CC(C)(c1ccc(O)cc1)c1ccc(O)cc1.CC(C)(c1ccc(O)cc1)c1ccc(O)cc1.CC(C)(c1ccc(O)cc1)c1ccc(O)cc1.CCC.CCC.CCOC.CCOC.CCOC.CCOC.COC(C)C.COC(C)C. The van der Waals surface area contributed by atoms with Gasteiger partial charge >= 0.3 is 0 Å². The molecule has 6 rings (SSSR count). The highest BCUT2D eigenvalue weighted by Crippen LogP contribution is 2.35. The second kappa shape index (κ2) is 52.7. The summed E-state index contributed by atoms with van der Waals surface area (Å²) in [5.41, 5.74) is 6.30. The van der Waals surface area contributed by atoms with Crippen molar-refractivity contribution in [1.29, 1.82) is 0 Å². The third kappa shape index (κ3) is 43.2. The fourth-order valence-corrected chi connectivity index (χ4v) is 5.77. The molecule has 12 nitrogen and oxygen atoms in total. The van der Waals surface area contributed by atoms with Crippen molar-refractivity contribution in [1.82, 2.24) is 0 Å². The highest BCUT2D eigenvalue weighted by molar-refractivity contribution is 5.44. The summed E-state index contributed by atoms with van der Waals surface area (Å²) in [6, 6.07) is 43.3. The van der Waals surface area contributed by atoms with Gasteiger partial charge in [0.1, 0.15) is 34.5 Å². The monoisotopic (exact) mass is 1160 g/mol. The Balaban J connectivity index is -0.000000292. The summed E-state index contributed by atoms with van der Waals surface area (Å²) in [6.07, 6.45) is 3.27. The molecule has 0 aliphatic rings. The fourth-order valence-electron chi connectivity index (χ4n) is 5.77. The molecule has 6 aromatic rings. The highest BCUT2D eigenvalue weighted by Gasteiger charge is 2.25. The number of rotatable bonds is 12. The van der Waals surface area contributed by atoms with E-state index in [1.165, 1.54) is 12.8 Å². The molecule has 0 amide bonds. The summed E-state index contributed by atoms with van der Waals surface area (Å²) in [6.45, 7) is 40.3. The first-order chi connectivity index (χ1) is 39.0. The van der Waals surface area contributed by atoms with E-state index in [2.05, 4.69) is 88.2 Å². The maximum atomic E-state index is 9.30. The number of hydrogen-bond donors (Lipinski definition) is 6. The number of benzene rings is 6. The van der Waals surface area contributed by atoms with Gasteiger partial charge in [-0.3, -0.25) is 0 Å². The number of ether oxygens (including phenoxy) is 6. The second-order valence-corrected chi connectivity index (χ2v) is 20.4. The largest absolute Gasteiger partial charge is 0.508 e. The van der Waals surface area contributed by atoms with Crippen molar-refractivity contribution < 1.29 is 59.1 Å². The molecule has 83 heavy (non-hydrogen) atoms. The van der Waals surface area contributed by atoms with Crippen molar-refractivity contribution in [2.24, 2.45) is 0 Å². The van der Waals surface area contributed by atoms with Crippen molar-refractivity contribution in [3.8, 4) is 34.5 Å². The minimum absolute atomic E-state index is 0.151. The molecule has 0 aliphatic heterocycles. The van der Waals surface area contributed by atoms with Crippen LogP contribution in [0.15, 0.2) is 146 Å². The lowest BCUT2D eigenvalue weighted by Gasteiger charge is -2.26.